The van der Waals surface area contributed by atoms with Gasteiger partial charge in [-0.2, -0.15) is 0 Å². The number of carbonyl (C=O) groups excluding carboxylic acids is 2. The van der Waals surface area contributed by atoms with Gasteiger partial charge >= 0.3 is 5.97 Å². The summed E-state index contributed by atoms with van der Waals surface area (Å²) in [4.78, 5) is 28.6. The second-order valence-electron chi connectivity index (χ2n) is 7.61. The van der Waals surface area contributed by atoms with Crippen molar-refractivity contribution < 1.29 is 19.1 Å². The summed E-state index contributed by atoms with van der Waals surface area (Å²) in [5, 5.41) is 3.43. The summed E-state index contributed by atoms with van der Waals surface area (Å²) in [6.45, 7) is 11.0. The highest BCUT2D eigenvalue weighted by Gasteiger charge is 2.29. The molecule has 1 aliphatic heterocycles. The third kappa shape index (κ3) is 5.21. The van der Waals surface area contributed by atoms with Gasteiger partial charge in [0.1, 0.15) is 10.8 Å². The van der Waals surface area contributed by atoms with Crippen molar-refractivity contribution >= 4 is 28.2 Å². The van der Waals surface area contributed by atoms with E-state index < -0.39 is 0 Å². The number of fused-ring (bicyclic) bond motifs is 1. The Hall–Kier alpha value is -2.38. The largest absolute Gasteiger partial charge is 0.484 e. The predicted molar refractivity (Wildman–Crippen MR) is 120 cm³/mol. The van der Waals surface area contributed by atoms with Gasteiger partial charge in [-0.05, 0) is 49.1 Å². The topological polar surface area (TPSA) is 67.9 Å². The summed E-state index contributed by atoms with van der Waals surface area (Å²) in [7, 11) is 0. The number of likely N-dealkylation sites (N-methyl/N-ethyl adjacent to an activating group) is 1. The number of nitrogens with one attached hydrogen (secondary N) is 1. The average molecular weight is 431 g/mol. The van der Waals surface area contributed by atoms with E-state index in [-0.39, 0.29) is 18.5 Å². The van der Waals surface area contributed by atoms with E-state index in [2.05, 4.69) is 31.0 Å². The Labute approximate surface area is 182 Å². The standard InChI is InChI=1S/C23H30N2O4S/c1-5-25-12-11-18-19(13-25)30-22(21(18)23(27)28-6-2)24-20(26)14-29-17-9-7-16(8-10-17)15(3)4/h7-10,15H,5-6,11-14H2,1-4H3,(H,24,26). The molecule has 162 valence electrons. The molecule has 30 heavy (non-hydrogen) atoms. The molecule has 2 aromatic rings. The lowest BCUT2D eigenvalue weighted by Crippen LogP contribution is -2.30. The SMILES string of the molecule is CCOC(=O)c1c(NC(=O)COc2ccc(C(C)C)cc2)sc2c1CCN(CC)C2. The Balaban J connectivity index is 1.70. The van der Waals surface area contributed by atoms with E-state index in [1.54, 1.807) is 6.92 Å². The first-order chi connectivity index (χ1) is 14.4. The molecule has 0 saturated carbocycles. The van der Waals surface area contributed by atoms with Gasteiger partial charge in [0.25, 0.3) is 5.91 Å². The Morgan fingerprint density at radius 3 is 2.57 bits per heavy atom. The Bertz CT molecular complexity index is 889. The molecule has 2 heterocycles. The van der Waals surface area contributed by atoms with Crippen molar-refractivity contribution in [2.75, 3.05) is 31.6 Å². The summed E-state index contributed by atoms with van der Waals surface area (Å²) in [5.41, 5.74) is 2.72. The van der Waals surface area contributed by atoms with Crippen molar-refractivity contribution in [3.63, 3.8) is 0 Å². The minimum absolute atomic E-state index is 0.118. The van der Waals surface area contributed by atoms with Gasteiger partial charge in [-0.15, -0.1) is 11.3 Å². The maximum atomic E-state index is 12.6. The fourth-order valence-electron chi connectivity index (χ4n) is 3.49. The van der Waals surface area contributed by atoms with Gasteiger partial charge < -0.3 is 14.8 Å². The van der Waals surface area contributed by atoms with Gasteiger partial charge in [0.05, 0.1) is 12.2 Å². The minimum atomic E-state index is -0.375. The van der Waals surface area contributed by atoms with E-state index in [9.17, 15) is 9.59 Å². The van der Waals surface area contributed by atoms with E-state index in [1.807, 2.05) is 24.3 Å². The molecule has 0 atom stereocenters. The van der Waals surface area contributed by atoms with Crippen LogP contribution in [0.15, 0.2) is 24.3 Å². The van der Waals surface area contributed by atoms with Crippen molar-refractivity contribution in [1.29, 1.82) is 0 Å². The van der Waals surface area contributed by atoms with Crippen LogP contribution in [-0.4, -0.2) is 43.1 Å². The second kappa shape index (κ2) is 10.1. The smallest absolute Gasteiger partial charge is 0.341 e. The number of thiophene rings is 1. The van der Waals surface area contributed by atoms with Crippen LogP contribution in [0.25, 0.3) is 0 Å². The van der Waals surface area contributed by atoms with E-state index >= 15 is 0 Å². The fraction of sp³-hybridized carbons (Fsp3) is 0.478. The molecule has 6 nitrogen and oxygen atoms in total. The summed E-state index contributed by atoms with van der Waals surface area (Å²) in [6, 6.07) is 7.75. The lowest BCUT2D eigenvalue weighted by molar-refractivity contribution is -0.118. The molecule has 7 heteroatoms. The van der Waals surface area contributed by atoms with Gasteiger partial charge in [0, 0.05) is 18.0 Å². The number of amides is 1. The van der Waals surface area contributed by atoms with Crippen molar-refractivity contribution in [3.8, 4) is 5.75 Å². The lowest BCUT2D eigenvalue weighted by atomic mass is 10.0. The van der Waals surface area contributed by atoms with Crippen LogP contribution < -0.4 is 10.1 Å². The second-order valence-corrected chi connectivity index (χ2v) is 8.71. The normalized spacial score (nSPS) is 13.8. The molecule has 0 bridgehead atoms. The molecule has 0 spiro atoms. The maximum Gasteiger partial charge on any atom is 0.341 e. The third-order valence-corrected chi connectivity index (χ3v) is 6.36. The van der Waals surface area contributed by atoms with Gasteiger partial charge in [-0.25, -0.2) is 4.79 Å². The molecule has 0 unspecified atom stereocenters. The van der Waals surface area contributed by atoms with Crippen molar-refractivity contribution in [3.05, 3.63) is 45.8 Å². The number of hydrogen-bond donors (Lipinski definition) is 1. The maximum absolute atomic E-state index is 12.6. The molecule has 1 aromatic heterocycles. The monoisotopic (exact) mass is 430 g/mol. The van der Waals surface area contributed by atoms with E-state index in [1.165, 1.54) is 16.9 Å². The number of rotatable bonds is 8. The molecule has 0 radical (unpaired) electrons. The van der Waals surface area contributed by atoms with Crippen molar-refractivity contribution in [2.24, 2.45) is 0 Å². The van der Waals surface area contributed by atoms with Crippen molar-refractivity contribution in [1.82, 2.24) is 4.90 Å². The molecule has 1 aliphatic rings. The molecule has 1 amide bonds. The summed E-state index contributed by atoms with van der Waals surface area (Å²) in [6.07, 6.45) is 0.780. The van der Waals surface area contributed by atoms with Crippen LogP contribution in [0.1, 0.15) is 60.0 Å². The Morgan fingerprint density at radius 2 is 1.93 bits per heavy atom. The Kier molecular flexibility index (Phi) is 7.50. The zero-order valence-corrected chi connectivity index (χ0v) is 18.9. The van der Waals surface area contributed by atoms with Crippen LogP contribution in [-0.2, 0) is 22.5 Å². The van der Waals surface area contributed by atoms with E-state index in [4.69, 9.17) is 9.47 Å². The highest BCUT2D eigenvalue weighted by Crippen LogP contribution is 2.37. The first-order valence-electron chi connectivity index (χ1n) is 10.5. The van der Waals surface area contributed by atoms with Crippen LogP contribution in [0.5, 0.6) is 5.75 Å². The zero-order valence-electron chi connectivity index (χ0n) is 18.1. The zero-order chi connectivity index (χ0) is 21.7. The Morgan fingerprint density at radius 1 is 1.20 bits per heavy atom. The molecular formula is C23H30N2O4S. The van der Waals surface area contributed by atoms with Gasteiger partial charge in [0.2, 0.25) is 0 Å². The van der Waals surface area contributed by atoms with Gasteiger partial charge in [-0.3, -0.25) is 9.69 Å². The molecule has 1 aromatic carbocycles. The van der Waals surface area contributed by atoms with Crippen molar-refractivity contribution in [2.45, 2.75) is 46.6 Å². The summed E-state index contributed by atoms with van der Waals surface area (Å²) < 4.78 is 10.9. The average Bonchev–Trinajstić information content (AvgIpc) is 3.09. The molecular weight excluding hydrogens is 400 g/mol. The number of benzene rings is 1. The number of anilines is 1. The fourth-order valence-corrected chi connectivity index (χ4v) is 4.79. The molecule has 3 rings (SSSR count). The number of esters is 1. The van der Waals surface area contributed by atoms with E-state index in [0.29, 0.717) is 28.8 Å². The van der Waals surface area contributed by atoms with Crippen LogP contribution in [0.2, 0.25) is 0 Å². The van der Waals surface area contributed by atoms with Crippen LogP contribution >= 0.6 is 11.3 Å². The highest BCUT2D eigenvalue weighted by atomic mass is 32.1. The minimum Gasteiger partial charge on any atom is -0.484 e. The first kappa shape index (κ1) is 22.3. The summed E-state index contributed by atoms with van der Waals surface area (Å²) >= 11 is 1.46. The quantitative estimate of drug-likeness (QED) is 0.627. The van der Waals surface area contributed by atoms with Crippen LogP contribution in [0.4, 0.5) is 5.00 Å². The molecule has 0 aliphatic carbocycles. The summed E-state index contributed by atoms with van der Waals surface area (Å²) in [5.74, 6) is 0.418. The third-order valence-electron chi connectivity index (χ3n) is 5.23. The van der Waals surface area contributed by atoms with Crippen LogP contribution in [0.3, 0.4) is 0 Å². The van der Waals surface area contributed by atoms with Crippen LogP contribution in [0, 0.1) is 0 Å². The number of hydrogen-bond acceptors (Lipinski definition) is 6. The van der Waals surface area contributed by atoms with Gasteiger partial charge in [0.15, 0.2) is 6.61 Å². The van der Waals surface area contributed by atoms with E-state index in [0.717, 1.165) is 36.5 Å². The number of nitrogens with zero attached hydrogens (tertiary/aromatic N) is 1. The lowest BCUT2D eigenvalue weighted by Gasteiger charge is -2.25. The number of carbonyl (C=O) groups is 2. The highest BCUT2D eigenvalue weighted by molar-refractivity contribution is 7.17. The molecule has 0 fully saturated rings. The first-order valence-corrected chi connectivity index (χ1v) is 11.3. The molecule has 0 saturated heterocycles. The predicted octanol–water partition coefficient (Wildman–Crippen LogP) is 4.44. The molecule has 1 N–H and O–H groups in total. The number of ether oxygens (including phenoxy) is 2. The van der Waals surface area contributed by atoms with Gasteiger partial charge in [-0.1, -0.05) is 32.9 Å².